The summed E-state index contributed by atoms with van der Waals surface area (Å²) >= 11 is 1.67. The minimum Gasteiger partial charge on any atom is -0.478 e. The molecule has 0 aromatic carbocycles. The number of anilines is 1. The van der Waals surface area contributed by atoms with E-state index >= 15 is 0 Å². The van der Waals surface area contributed by atoms with Crippen LogP contribution in [0.1, 0.15) is 15.2 Å². The number of thiophene rings is 1. The van der Waals surface area contributed by atoms with Crippen molar-refractivity contribution < 1.29 is 9.90 Å². The van der Waals surface area contributed by atoms with Gasteiger partial charge in [0, 0.05) is 18.1 Å². The predicted molar refractivity (Wildman–Crippen MR) is 67.6 cm³/mol. The summed E-state index contributed by atoms with van der Waals surface area (Å²) in [6.07, 6.45) is 1.52. The molecule has 2 rings (SSSR count). The Labute approximate surface area is 103 Å². The summed E-state index contributed by atoms with van der Waals surface area (Å²) < 4.78 is 0. The van der Waals surface area contributed by atoms with Gasteiger partial charge in [0.15, 0.2) is 0 Å². The number of hydrogen-bond acceptors (Lipinski definition) is 4. The van der Waals surface area contributed by atoms with E-state index in [2.05, 4.69) is 4.98 Å². The Morgan fingerprint density at radius 1 is 1.53 bits per heavy atom. The molecule has 0 spiro atoms. The summed E-state index contributed by atoms with van der Waals surface area (Å²) in [4.78, 5) is 18.2. The lowest BCUT2D eigenvalue weighted by Gasteiger charge is -2.17. The van der Waals surface area contributed by atoms with E-state index in [1.807, 2.05) is 29.5 Å². The van der Waals surface area contributed by atoms with Crippen LogP contribution in [0.3, 0.4) is 0 Å². The Balaban J connectivity index is 2.16. The molecule has 0 saturated carbocycles. The average Bonchev–Trinajstić information content (AvgIpc) is 2.82. The van der Waals surface area contributed by atoms with Crippen LogP contribution in [0.5, 0.6) is 0 Å². The second kappa shape index (κ2) is 4.97. The van der Waals surface area contributed by atoms with E-state index in [4.69, 9.17) is 5.11 Å². The lowest BCUT2D eigenvalue weighted by molar-refractivity contribution is 0.0697. The number of pyridine rings is 1. The summed E-state index contributed by atoms with van der Waals surface area (Å²) in [5.41, 5.74) is 0.257. The minimum atomic E-state index is -0.932. The standard InChI is InChI=1S/C12H12N2O2S/c1-14(8-10-3-2-6-17-10)11-7-9(12(15)16)4-5-13-11/h2-7H,8H2,1H3,(H,15,16). The third-order valence-corrected chi connectivity index (χ3v) is 3.22. The summed E-state index contributed by atoms with van der Waals surface area (Å²) in [6.45, 7) is 0.730. The molecule has 0 aliphatic heterocycles. The molecule has 88 valence electrons. The number of carbonyl (C=O) groups is 1. The molecule has 0 unspecified atom stereocenters. The Morgan fingerprint density at radius 2 is 2.35 bits per heavy atom. The van der Waals surface area contributed by atoms with Gasteiger partial charge >= 0.3 is 5.97 Å². The smallest absolute Gasteiger partial charge is 0.335 e. The van der Waals surface area contributed by atoms with Crippen molar-refractivity contribution in [1.82, 2.24) is 4.98 Å². The molecule has 0 fully saturated rings. The largest absolute Gasteiger partial charge is 0.478 e. The van der Waals surface area contributed by atoms with Gasteiger partial charge in [-0.3, -0.25) is 0 Å². The van der Waals surface area contributed by atoms with Crippen LogP contribution in [0.15, 0.2) is 35.8 Å². The van der Waals surface area contributed by atoms with E-state index in [1.165, 1.54) is 17.1 Å². The van der Waals surface area contributed by atoms with E-state index in [-0.39, 0.29) is 5.56 Å². The van der Waals surface area contributed by atoms with Crippen molar-refractivity contribution in [3.8, 4) is 0 Å². The molecule has 17 heavy (non-hydrogen) atoms. The third-order valence-electron chi connectivity index (χ3n) is 2.36. The molecular formula is C12H12N2O2S. The summed E-state index contributed by atoms with van der Waals surface area (Å²) in [7, 11) is 1.90. The van der Waals surface area contributed by atoms with Crippen LogP contribution in [0.4, 0.5) is 5.82 Å². The first-order valence-corrected chi connectivity index (χ1v) is 5.97. The van der Waals surface area contributed by atoms with E-state index in [1.54, 1.807) is 17.4 Å². The predicted octanol–water partition coefficient (Wildman–Crippen LogP) is 2.48. The van der Waals surface area contributed by atoms with Crippen LogP contribution >= 0.6 is 11.3 Å². The van der Waals surface area contributed by atoms with Gasteiger partial charge in [-0.1, -0.05) is 6.07 Å². The Hall–Kier alpha value is -1.88. The van der Waals surface area contributed by atoms with Crippen molar-refractivity contribution in [3.05, 3.63) is 46.3 Å². The number of hydrogen-bond donors (Lipinski definition) is 1. The van der Waals surface area contributed by atoms with Gasteiger partial charge in [-0.25, -0.2) is 9.78 Å². The number of nitrogens with zero attached hydrogens (tertiary/aromatic N) is 2. The van der Waals surface area contributed by atoms with Crippen LogP contribution < -0.4 is 4.90 Å². The average molecular weight is 248 g/mol. The number of aromatic carboxylic acids is 1. The fraction of sp³-hybridized carbons (Fsp3) is 0.167. The SMILES string of the molecule is CN(Cc1cccs1)c1cc(C(=O)O)ccn1. The molecule has 0 amide bonds. The van der Waals surface area contributed by atoms with Crippen molar-refractivity contribution >= 4 is 23.1 Å². The maximum atomic E-state index is 10.8. The van der Waals surface area contributed by atoms with Crippen molar-refractivity contribution in [2.24, 2.45) is 0 Å². The summed E-state index contributed by atoms with van der Waals surface area (Å²) in [6, 6.07) is 7.11. The van der Waals surface area contributed by atoms with E-state index in [9.17, 15) is 4.79 Å². The normalized spacial score (nSPS) is 10.2. The van der Waals surface area contributed by atoms with Crippen LogP contribution in [0.2, 0.25) is 0 Å². The van der Waals surface area contributed by atoms with Gasteiger partial charge < -0.3 is 10.0 Å². The van der Waals surface area contributed by atoms with E-state index < -0.39 is 5.97 Å². The lowest BCUT2D eigenvalue weighted by Crippen LogP contribution is -2.17. The van der Waals surface area contributed by atoms with Gasteiger partial charge in [-0.15, -0.1) is 11.3 Å². The first kappa shape index (κ1) is 11.6. The molecule has 5 heteroatoms. The molecule has 0 aliphatic carbocycles. The van der Waals surface area contributed by atoms with Gasteiger partial charge in [0.1, 0.15) is 5.82 Å². The van der Waals surface area contributed by atoms with E-state index in [0.717, 1.165) is 6.54 Å². The Morgan fingerprint density at radius 3 is 3.00 bits per heavy atom. The number of carboxylic acids is 1. The summed E-state index contributed by atoms with van der Waals surface area (Å²) in [5, 5.41) is 10.9. The number of aromatic nitrogens is 1. The highest BCUT2D eigenvalue weighted by atomic mass is 32.1. The second-order valence-corrected chi connectivity index (χ2v) is 4.68. The molecule has 2 heterocycles. The molecular weight excluding hydrogens is 236 g/mol. The molecule has 4 nitrogen and oxygen atoms in total. The number of rotatable bonds is 4. The quantitative estimate of drug-likeness (QED) is 0.903. The highest BCUT2D eigenvalue weighted by Crippen LogP contribution is 2.16. The Bertz CT molecular complexity index is 511. The highest BCUT2D eigenvalue weighted by Gasteiger charge is 2.08. The third kappa shape index (κ3) is 2.82. The molecule has 0 atom stereocenters. The maximum absolute atomic E-state index is 10.8. The van der Waals surface area contributed by atoms with Crippen LogP contribution in [0.25, 0.3) is 0 Å². The molecule has 2 aromatic rings. The fourth-order valence-electron chi connectivity index (χ4n) is 1.48. The zero-order valence-corrected chi connectivity index (χ0v) is 10.1. The molecule has 0 aliphatic rings. The van der Waals surface area contributed by atoms with Crippen molar-refractivity contribution in [3.63, 3.8) is 0 Å². The molecule has 1 N–H and O–H groups in total. The first-order valence-electron chi connectivity index (χ1n) is 5.09. The highest BCUT2D eigenvalue weighted by molar-refractivity contribution is 7.09. The topological polar surface area (TPSA) is 53.4 Å². The van der Waals surface area contributed by atoms with Gasteiger partial charge in [0.25, 0.3) is 0 Å². The lowest BCUT2D eigenvalue weighted by atomic mass is 10.2. The van der Waals surface area contributed by atoms with Gasteiger partial charge in [0.2, 0.25) is 0 Å². The number of carboxylic acid groups (broad SMARTS) is 1. The van der Waals surface area contributed by atoms with Gasteiger partial charge in [0.05, 0.1) is 12.1 Å². The minimum absolute atomic E-state index is 0.257. The molecule has 0 bridgehead atoms. The van der Waals surface area contributed by atoms with Crippen molar-refractivity contribution in [1.29, 1.82) is 0 Å². The monoisotopic (exact) mass is 248 g/mol. The molecule has 0 saturated heterocycles. The van der Waals surface area contributed by atoms with E-state index in [0.29, 0.717) is 5.82 Å². The van der Waals surface area contributed by atoms with Crippen molar-refractivity contribution in [2.45, 2.75) is 6.54 Å². The summed E-state index contributed by atoms with van der Waals surface area (Å²) in [5.74, 6) is -0.267. The molecule has 2 aromatic heterocycles. The second-order valence-electron chi connectivity index (χ2n) is 3.64. The van der Waals surface area contributed by atoms with Crippen LogP contribution in [-0.2, 0) is 6.54 Å². The zero-order valence-electron chi connectivity index (χ0n) is 9.33. The Kier molecular flexibility index (Phi) is 3.39. The maximum Gasteiger partial charge on any atom is 0.335 e. The molecule has 0 radical (unpaired) electrons. The first-order chi connectivity index (χ1) is 8.16. The fourth-order valence-corrected chi connectivity index (χ4v) is 2.23. The zero-order chi connectivity index (χ0) is 12.3. The van der Waals surface area contributed by atoms with Crippen LogP contribution in [-0.4, -0.2) is 23.1 Å². The van der Waals surface area contributed by atoms with Gasteiger partial charge in [-0.05, 0) is 23.6 Å². The van der Waals surface area contributed by atoms with Crippen molar-refractivity contribution in [2.75, 3.05) is 11.9 Å². The van der Waals surface area contributed by atoms with Crippen LogP contribution in [0, 0.1) is 0 Å². The van der Waals surface area contributed by atoms with Gasteiger partial charge in [-0.2, -0.15) is 0 Å².